The third-order valence-electron chi connectivity index (χ3n) is 2.67. The minimum Gasteiger partial charge on any atom is -0.454 e. The number of hydrogen-bond acceptors (Lipinski definition) is 6. The lowest BCUT2D eigenvalue weighted by Gasteiger charge is -2.06. The van der Waals surface area contributed by atoms with Gasteiger partial charge in [0, 0.05) is 17.5 Å². The molecule has 7 heteroatoms. The van der Waals surface area contributed by atoms with E-state index in [0.29, 0.717) is 28.9 Å². The molecule has 2 heterocycles. The molecule has 3 rings (SSSR count). The Hall–Kier alpha value is -2.28. The molecule has 0 bridgehead atoms. The zero-order valence-corrected chi connectivity index (χ0v) is 10.7. The molecule has 1 amide bonds. The zero-order chi connectivity index (χ0) is 13.2. The summed E-state index contributed by atoms with van der Waals surface area (Å²) in [6, 6.07) is 5.56. The van der Waals surface area contributed by atoms with Gasteiger partial charge in [0.05, 0.1) is 0 Å². The number of carbonyl (C=O) groups excluding carboxylic acids is 1. The highest BCUT2D eigenvalue weighted by Crippen LogP contribution is 2.35. The second-order valence-corrected chi connectivity index (χ2v) is 4.79. The number of amides is 1. The standard InChI is InChI=1S/C12H11N3O3S/c13-12-15-8(5-19-12)11(16)14-4-7-2-1-3-9-10(7)18-6-17-9/h1-3,5H,4,6H2,(H2,13,15)(H,14,16). The Kier molecular flexibility index (Phi) is 2.96. The summed E-state index contributed by atoms with van der Waals surface area (Å²) in [6.07, 6.45) is 0. The Balaban J connectivity index is 1.70. The van der Waals surface area contributed by atoms with Crippen molar-refractivity contribution in [2.45, 2.75) is 6.54 Å². The molecule has 1 aliphatic heterocycles. The highest BCUT2D eigenvalue weighted by Gasteiger charge is 2.18. The van der Waals surface area contributed by atoms with Crippen LogP contribution in [-0.4, -0.2) is 17.7 Å². The first-order valence-electron chi connectivity index (χ1n) is 5.61. The van der Waals surface area contributed by atoms with E-state index in [0.717, 1.165) is 5.56 Å². The maximum Gasteiger partial charge on any atom is 0.271 e. The summed E-state index contributed by atoms with van der Waals surface area (Å²) in [5, 5.41) is 4.77. The topological polar surface area (TPSA) is 86.5 Å². The van der Waals surface area contributed by atoms with E-state index in [1.165, 1.54) is 11.3 Å². The van der Waals surface area contributed by atoms with Gasteiger partial charge in [0.25, 0.3) is 5.91 Å². The number of nitrogens with one attached hydrogen (secondary N) is 1. The van der Waals surface area contributed by atoms with Gasteiger partial charge in [0.2, 0.25) is 6.79 Å². The lowest BCUT2D eigenvalue weighted by Crippen LogP contribution is -2.23. The highest BCUT2D eigenvalue weighted by molar-refractivity contribution is 7.13. The summed E-state index contributed by atoms with van der Waals surface area (Å²) in [7, 11) is 0. The number of rotatable bonds is 3. The number of benzene rings is 1. The van der Waals surface area contributed by atoms with Crippen LogP contribution in [0.15, 0.2) is 23.6 Å². The predicted octanol–water partition coefficient (Wildman–Crippen LogP) is 1.38. The molecule has 1 aliphatic rings. The maximum absolute atomic E-state index is 11.8. The number of nitrogen functional groups attached to an aromatic ring is 1. The van der Waals surface area contributed by atoms with Crippen LogP contribution >= 0.6 is 11.3 Å². The molecule has 3 N–H and O–H groups in total. The molecule has 0 fully saturated rings. The van der Waals surface area contributed by atoms with E-state index in [9.17, 15) is 4.79 Å². The third-order valence-corrected chi connectivity index (χ3v) is 3.35. The predicted molar refractivity (Wildman–Crippen MR) is 70.3 cm³/mol. The normalized spacial score (nSPS) is 12.4. The number of nitrogens with two attached hydrogens (primary N) is 1. The van der Waals surface area contributed by atoms with Gasteiger partial charge in [0.1, 0.15) is 5.69 Å². The van der Waals surface area contributed by atoms with Gasteiger partial charge < -0.3 is 20.5 Å². The van der Waals surface area contributed by atoms with Gasteiger partial charge >= 0.3 is 0 Å². The Morgan fingerprint density at radius 2 is 2.37 bits per heavy atom. The number of ether oxygens (including phenoxy) is 2. The van der Waals surface area contributed by atoms with Crippen molar-refractivity contribution >= 4 is 22.4 Å². The summed E-state index contributed by atoms with van der Waals surface area (Å²) < 4.78 is 10.6. The van der Waals surface area contributed by atoms with Crippen LogP contribution < -0.4 is 20.5 Å². The van der Waals surface area contributed by atoms with Crippen LogP contribution in [0.3, 0.4) is 0 Å². The Bertz CT molecular complexity index is 626. The SMILES string of the molecule is Nc1nc(C(=O)NCc2cccc3c2OCO3)cs1. The summed E-state index contributed by atoms with van der Waals surface area (Å²) >= 11 is 1.24. The molecular formula is C12H11N3O3S. The van der Waals surface area contributed by atoms with Crippen molar-refractivity contribution in [3.63, 3.8) is 0 Å². The molecule has 0 radical (unpaired) electrons. The van der Waals surface area contributed by atoms with E-state index in [4.69, 9.17) is 15.2 Å². The second kappa shape index (κ2) is 4.77. The Morgan fingerprint density at radius 1 is 1.47 bits per heavy atom. The molecule has 6 nitrogen and oxygen atoms in total. The monoisotopic (exact) mass is 277 g/mol. The number of thiazole rings is 1. The smallest absolute Gasteiger partial charge is 0.271 e. The van der Waals surface area contributed by atoms with Crippen molar-refractivity contribution in [1.82, 2.24) is 10.3 Å². The molecule has 0 aliphatic carbocycles. The summed E-state index contributed by atoms with van der Waals surface area (Å²) in [6.45, 7) is 0.561. The maximum atomic E-state index is 11.8. The van der Waals surface area contributed by atoms with Crippen LogP contribution in [0.1, 0.15) is 16.1 Å². The molecule has 0 saturated heterocycles. The molecule has 0 saturated carbocycles. The van der Waals surface area contributed by atoms with Crippen molar-refractivity contribution in [3.8, 4) is 11.5 Å². The van der Waals surface area contributed by atoms with E-state index in [2.05, 4.69) is 10.3 Å². The fourth-order valence-electron chi connectivity index (χ4n) is 1.79. The average molecular weight is 277 g/mol. The molecule has 98 valence electrons. The number of hydrogen-bond donors (Lipinski definition) is 2. The first-order chi connectivity index (χ1) is 9.24. The van der Waals surface area contributed by atoms with E-state index in [1.54, 1.807) is 5.38 Å². The molecule has 19 heavy (non-hydrogen) atoms. The van der Waals surface area contributed by atoms with Crippen molar-refractivity contribution in [2.24, 2.45) is 0 Å². The van der Waals surface area contributed by atoms with Gasteiger partial charge in [-0.25, -0.2) is 4.98 Å². The lowest BCUT2D eigenvalue weighted by molar-refractivity contribution is 0.0946. The van der Waals surface area contributed by atoms with Crippen molar-refractivity contribution in [1.29, 1.82) is 0 Å². The number of nitrogens with zero attached hydrogens (tertiary/aromatic N) is 1. The van der Waals surface area contributed by atoms with E-state index < -0.39 is 0 Å². The van der Waals surface area contributed by atoms with Gasteiger partial charge in [-0.1, -0.05) is 12.1 Å². The number of aromatic nitrogens is 1. The van der Waals surface area contributed by atoms with Crippen molar-refractivity contribution < 1.29 is 14.3 Å². The fraction of sp³-hybridized carbons (Fsp3) is 0.167. The van der Waals surface area contributed by atoms with Gasteiger partial charge in [0.15, 0.2) is 16.6 Å². The first-order valence-corrected chi connectivity index (χ1v) is 6.48. The minimum atomic E-state index is -0.260. The molecule has 0 unspecified atom stereocenters. The molecule has 0 spiro atoms. The van der Waals surface area contributed by atoms with E-state index >= 15 is 0 Å². The van der Waals surface area contributed by atoms with Crippen LogP contribution in [0.5, 0.6) is 11.5 Å². The second-order valence-electron chi connectivity index (χ2n) is 3.90. The minimum absolute atomic E-state index is 0.211. The molecule has 0 atom stereocenters. The Morgan fingerprint density at radius 3 is 3.16 bits per heavy atom. The van der Waals surface area contributed by atoms with Crippen LogP contribution in [-0.2, 0) is 6.54 Å². The number of carbonyl (C=O) groups is 1. The van der Waals surface area contributed by atoms with Crippen LogP contribution in [0.4, 0.5) is 5.13 Å². The van der Waals surface area contributed by atoms with Gasteiger partial charge in [-0.2, -0.15) is 0 Å². The Labute approximate surface area is 113 Å². The van der Waals surface area contributed by atoms with E-state index in [1.807, 2.05) is 18.2 Å². The lowest BCUT2D eigenvalue weighted by atomic mass is 10.2. The molecule has 2 aromatic rings. The molecule has 1 aromatic heterocycles. The van der Waals surface area contributed by atoms with Crippen LogP contribution in [0.25, 0.3) is 0 Å². The average Bonchev–Trinajstić information content (AvgIpc) is 3.04. The largest absolute Gasteiger partial charge is 0.454 e. The third kappa shape index (κ3) is 2.32. The first kappa shape index (κ1) is 11.8. The molecule has 1 aromatic carbocycles. The zero-order valence-electron chi connectivity index (χ0n) is 9.88. The number of fused-ring (bicyclic) bond motifs is 1. The van der Waals surface area contributed by atoms with Crippen molar-refractivity contribution in [2.75, 3.05) is 12.5 Å². The van der Waals surface area contributed by atoms with Gasteiger partial charge in [-0.3, -0.25) is 4.79 Å². The number of para-hydroxylation sites is 1. The molecular weight excluding hydrogens is 266 g/mol. The summed E-state index contributed by atoms with van der Waals surface area (Å²) in [5.41, 5.74) is 6.68. The quantitative estimate of drug-likeness (QED) is 0.885. The summed E-state index contributed by atoms with van der Waals surface area (Å²) in [4.78, 5) is 15.8. The van der Waals surface area contributed by atoms with Crippen LogP contribution in [0.2, 0.25) is 0 Å². The van der Waals surface area contributed by atoms with Gasteiger partial charge in [-0.15, -0.1) is 11.3 Å². The fourth-order valence-corrected chi connectivity index (χ4v) is 2.33. The highest BCUT2D eigenvalue weighted by atomic mass is 32.1. The number of anilines is 1. The van der Waals surface area contributed by atoms with Gasteiger partial charge in [-0.05, 0) is 6.07 Å². The van der Waals surface area contributed by atoms with Crippen LogP contribution in [0, 0.1) is 0 Å². The van der Waals surface area contributed by atoms with E-state index in [-0.39, 0.29) is 12.7 Å². The summed E-state index contributed by atoms with van der Waals surface area (Å²) in [5.74, 6) is 1.12. The van der Waals surface area contributed by atoms with Crippen molar-refractivity contribution in [3.05, 3.63) is 34.8 Å².